The third-order valence-corrected chi connectivity index (χ3v) is 4.01. The van der Waals surface area contributed by atoms with Crippen LogP contribution in [0.15, 0.2) is 30.3 Å². The van der Waals surface area contributed by atoms with Crippen molar-refractivity contribution in [1.29, 1.82) is 0 Å². The number of ether oxygens (including phenoxy) is 2. The Balaban J connectivity index is 2.19. The van der Waals surface area contributed by atoms with Crippen molar-refractivity contribution in [2.45, 2.75) is 33.4 Å². The van der Waals surface area contributed by atoms with Crippen molar-refractivity contribution in [2.75, 3.05) is 11.9 Å². The van der Waals surface area contributed by atoms with Gasteiger partial charge < -0.3 is 19.9 Å². The Hall–Kier alpha value is -2.11. The van der Waals surface area contributed by atoms with Crippen LogP contribution in [0, 0.1) is 0 Å². The predicted octanol–water partition coefficient (Wildman–Crippen LogP) is 5.49. The molecule has 0 amide bonds. The summed E-state index contributed by atoms with van der Waals surface area (Å²) < 4.78 is 11.4. The molecular formula is C19H21Cl2NO4. The van der Waals surface area contributed by atoms with Crippen LogP contribution >= 0.6 is 23.2 Å². The SMILES string of the molecule is CCOc1cc(CNc2ccc(C(=O)O)c(Cl)c2)cc(Cl)c1OC(C)C. The van der Waals surface area contributed by atoms with Gasteiger partial charge in [-0.25, -0.2) is 4.79 Å². The number of carboxylic acids is 1. The van der Waals surface area contributed by atoms with Gasteiger partial charge in [0.1, 0.15) is 0 Å². The highest BCUT2D eigenvalue weighted by molar-refractivity contribution is 6.33. The molecule has 0 heterocycles. The lowest BCUT2D eigenvalue weighted by Crippen LogP contribution is -2.09. The summed E-state index contributed by atoms with van der Waals surface area (Å²) in [5, 5.41) is 12.9. The number of carboxylic acid groups (broad SMARTS) is 1. The third-order valence-electron chi connectivity index (χ3n) is 3.42. The van der Waals surface area contributed by atoms with Gasteiger partial charge in [0.05, 0.1) is 28.3 Å². The van der Waals surface area contributed by atoms with E-state index in [0.717, 1.165) is 5.56 Å². The fraction of sp³-hybridized carbons (Fsp3) is 0.316. The minimum atomic E-state index is -1.06. The van der Waals surface area contributed by atoms with Crippen LogP contribution in [0.3, 0.4) is 0 Å². The van der Waals surface area contributed by atoms with Gasteiger partial charge in [0.15, 0.2) is 11.5 Å². The van der Waals surface area contributed by atoms with E-state index in [1.165, 1.54) is 6.07 Å². The Bertz CT molecular complexity index is 793. The summed E-state index contributed by atoms with van der Waals surface area (Å²) >= 11 is 12.3. The van der Waals surface area contributed by atoms with Gasteiger partial charge in [0.25, 0.3) is 0 Å². The van der Waals surface area contributed by atoms with Crippen molar-refractivity contribution in [3.8, 4) is 11.5 Å². The zero-order valence-electron chi connectivity index (χ0n) is 14.8. The smallest absolute Gasteiger partial charge is 0.337 e. The maximum Gasteiger partial charge on any atom is 0.337 e. The van der Waals surface area contributed by atoms with Crippen molar-refractivity contribution >= 4 is 34.9 Å². The summed E-state index contributed by atoms with van der Waals surface area (Å²) in [5.41, 5.74) is 1.67. The molecule has 0 saturated carbocycles. The molecule has 0 spiro atoms. The van der Waals surface area contributed by atoms with Crippen molar-refractivity contribution in [3.63, 3.8) is 0 Å². The van der Waals surface area contributed by atoms with Crippen LogP contribution in [-0.2, 0) is 6.54 Å². The highest BCUT2D eigenvalue weighted by Gasteiger charge is 2.14. The number of hydrogen-bond donors (Lipinski definition) is 2. The number of benzene rings is 2. The van der Waals surface area contributed by atoms with E-state index in [2.05, 4.69) is 5.32 Å². The van der Waals surface area contributed by atoms with E-state index in [1.807, 2.05) is 32.9 Å². The molecule has 2 N–H and O–H groups in total. The number of carbonyl (C=O) groups is 1. The minimum absolute atomic E-state index is 0.0226. The predicted molar refractivity (Wildman–Crippen MR) is 104 cm³/mol. The van der Waals surface area contributed by atoms with Gasteiger partial charge in [-0.05, 0) is 56.7 Å². The fourth-order valence-corrected chi connectivity index (χ4v) is 2.88. The molecule has 2 aromatic carbocycles. The van der Waals surface area contributed by atoms with Gasteiger partial charge in [0.2, 0.25) is 0 Å². The number of halogens is 2. The van der Waals surface area contributed by atoms with E-state index in [9.17, 15) is 4.79 Å². The van der Waals surface area contributed by atoms with E-state index < -0.39 is 5.97 Å². The normalized spacial score (nSPS) is 10.7. The van der Waals surface area contributed by atoms with Crippen LogP contribution in [0.1, 0.15) is 36.7 Å². The molecule has 0 radical (unpaired) electrons. The lowest BCUT2D eigenvalue weighted by molar-refractivity contribution is 0.0697. The first-order valence-corrected chi connectivity index (χ1v) is 8.96. The van der Waals surface area contributed by atoms with E-state index >= 15 is 0 Å². The van der Waals surface area contributed by atoms with Gasteiger partial charge in [-0.1, -0.05) is 23.2 Å². The molecule has 0 aromatic heterocycles. The van der Waals surface area contributed by atoms with Crippen molar-refractivity contribution in [2.24, 2.45) is 0 Å². The molecule has 0 atom stereocenters. The molecule has 2 rings (SSSR count). The van der Waals surface area contributed by atoms with Crippen LogP contribution in [0.4, 0.5) is 5.69 Å². The zero-order valence-corrected chi connectivity index (χ0v) is 16.3. The lowest BCUT2D eigenvalue weighted by Gasteiger charge is -2.17. The van der Waals surface area contributed by atoms with Gasteiger partial charge in [-0.15, -0.1) is 0 Å². The average Bonchev–Trinajstić information content (AvgIpc) is 2.55. The second kappa shape index (κ2) is 9.01. The fourth-order valence-electron chi connectivity index (χ4n) is 2.34. The van der Waals surface area contributed by atoms with Crippen molar-refractivity contribution < 1.29 is 19.4 Å². The molecule has 7 heteroatoms. The molecule has 0 bridgehead atoms. The lowest BCUT2D eigenvalue weighted by atomic mass is 10.1. The molecule has 0 aliphatic rings. The van der Waals surface area contributed by atoms with Gasteiger partial charge in [0, 0.05) is 12.2 Å². The molecule has 140 valence electrons. The van der Waals surface area contributed by atoms with E-state index in [-0.39, 0.29) is 16.7 Å². The molecule has 0 aliphatic carbocycles. The molecule has 0 fully saturated rings. The van der Waals surface area contributed by atoms with Crippen LogP contribution in [-0.4, -0.2) is 23.8 Å². The Labute approximate surface area is 162 Å². The number of nitrogens with one attached hydrogen (secondary N) is 1. The van der Waals surface area contributed by atoms with E-state index in [1.54, 1.807) is 12.1 Å². The first-order chi connectivity index (χ1) is 12.3. The summed E-state index contributed by atoms with van der Waals surface area (Å²) in [7, 11) is 0. The van der Waals surface area contributed by atoms with E-state index in [0.29, 0.717) is 35.4 Å². The molecule has 26 heavy (non-hydrogen) atoms. The third kappa shape index (κ3) is 5.19. The second-order valence-corrected chi connectivity index (χ2v) is 6.67. The van der Waals surface area contributed by atoms with Gasteiger partial charge in [-0.2, -0.15) is 0 Å². The number of anilines is 1. The Kier molecular flexibility index (Phi) is 7.00. The van der Waals surface area contributed by atoms with Crippen LogP contribution < -0.4 is 14.8 Å². The topological polar surface area (TPSA) is 67.8 Å². The standard InChI is InChI=1S/C19H21Cl2NO4/c1-4-25-17-8-12(7-16(21)18(17)26-11(2)3)10-22-13-5-6-14(19(23)24)15(20)9-13/h5-9,11,22H,4,10H2,1-3H3,(H,23,24). The summed E-state index contributed by atoms with van der Waals surface area (Å²) in [4.78, 5) is 11.0. The second-order valence-electron chi connectivity index (χ2n) is 5.86. The molecular weight excluding hydrogens is 377 g/mol. The molecule has 0 saturated heterocycles. The van der Waals surface area contributed by atoms with Crippen molar-refractivity contribution in [3.05, 3.63) is 51.5 Å². The summed E-state index contributed by atoms with van der Waals surface area (Å²) in [6.45, 7) is 6.69. The van der Waals surface area contributed by atoms with E-state index in [4.69, 9.17) is 37.8 Å². The summed E-state index contributed by atoms with van der Waals surface area (Å²) in [6.07, 6.45) is -0.0226. The van der Waals surface area contributed by atoms with Gasteiger partial charge in [-0.3, -0.25) is 0 Å². The average molecular weight is 398 g/mol. The monoisotopic (exact) mass is 397 g/mol. The summed E-state index contributed by atoms with van der Waals surface area (Å²) in [5.74, 6) is 0.0568. The quantitative estimate of drug-likeness (QED) is 0.616. The highest BCUT2D eigenvalue weighted by atomic mass is 35.5. The Morgan fingerprint density at radius 3 is 2.50 bits per heavy atom. The summed E-state index contributed by atoms with van der Waals surface area (Å²) in [6, 6.07) is 8.38. The van der Waals surface area contributed by atoms with Gasteiger partial charge >= 0.3 is 5.97 Å². The number of hydrogen-bond acceptors (Lipinski definition) is 4. The minimum Gasteiger partial charge on any atom is -0.490 e. The van der Waals surface area contributed by atoms with Crippen molar-refractivity contribution in [1.82, 2.24) is 0 Å². The van der Waals surface area contributed by atoms with Crippen LogP contribution in [0.5, 0.6) is 11.5 Å². The molecule has 5 nitrogen and oxygen atoms in total. The maximum absolute atomic E-state index is 11.0. The Morgan fingerprint density at radius 1 is 1.19 bits per heavy atom. The first-order valence-electron chi connectivity index (χ1n) is 8.20. The largest absolute Gasteiger partial charge is 0.490 e. The number of aromatic carboxylic acids is 1. The highest BCUT2D eigenvalue weighted by Crippen LogP contribution is 2.37. The maximum atomic E-state index is 11.0. The zero-order chi connectivity index (χ0) is 19.3. The molecule has 2 aromatic rings. The first kappa shape index (κ1) is 20.2. The number of rotatable bonds is 8. The van der Waals surface area contributed by atoms with Crippen LogP contribution in [0.25, 0.3) is 0 Å². The molecule has 0 aliphatic heterocycles. The Morgan fingerprint density at radius 2 is 1.92 bits per heavy atom. The van der Waals surface area contributed by atoms with Crippen LogP contribution in [0.2, 0.25) is 10.0 Å². The molecule has 0 unspecified atom stereocenters.